The first-order valence-electron chi connectivity index (χ1n) is 9.47. The first-order valence-corrected chi connectivity index (χ1v) is 9.47. The zero-order valence-electron chi connectivity index (χ0n) is 17.8. The van der Waals surface area contributed by atoms with Gasteiger partial charge in [0, 0.05) is 25.2 Å². The third kappa shape index (κ3) is 10.1. The SMILES string of the molecule is COc1ccc(CCN(C)CCC(=O)Nc2ccccc2)cc1OC.O=C(O)C(=O)O. The largest absolute Gasteiger partial charge is 0.493 e. The minimum atomic E-state index is -1.82. The highest BCUT2D eigenvalue weighted by Crippen LogP contribution is 2.27. The fourth-order valence-corrected chi connectivity index (χ4v) is 2.51. The highest BCUT2D eigenvalue weighted by Gasteiger charge is 2.08. The summed E-state index contributed by atoms with van der Waals surface area (Å²) in [6.07, 6.45) is 1.36. The first kappa shape index (κ1) is 25.4. The predicted molar refractivity (Wildman–Crippen MR) is 116 cm³/mol. The quantitative estimate of drug-likeness (QED) is 0.516. The van der Waals surface area contributed by atoms with Crippen molar-refractivity contribution in [1.82, 2.24) is 4.90 Å². The van der Waals surface area contributed by atoms with Gasteiger partial charge in [-0.05, 0) is 43.3 Å². The van der Waals surface area contributed by atoms with E-state index in [0.29, 0.717) is 13.0 Å². The third-order valence-electron chi connectivity index (χ3n) is 4.19. The second-order valence-corrected chi connectivity index (χ2v) is 6.52. The van der Waals surface area contributed by atoms with Gasteiger partial charge in [0.25, 0.3) is 0 Å². The van der Waals surface area contributed by atoms with Crippen LogP contribution in [0.2, 0.25) is 0 Å². The van der Waals surface area contributed by atoms with Gasteiger partial charge in [0.05, 0.1) is 14.2 Å². The number of hydrogen-bond acceptors (Lipinski definition) is 6. The number of nitrogens with one attached hydrogen (secondary N) is 1. The van der Waals surface area contributed by atoms with Crippen LogP contribution in [0.5, 0.6) is 11.5 Å². The number of carboxylic acid groups (broad SMARTS) is 2. The van der Waals surface area contributed by atoms with Crippen molar-refractivity contribution in [1.29, 1.82) is 0 Å². The number of hydrogen-bond donors (Lipinski definition) is 3. The number of nitrogens with zero attached hydrogens (tertiary/aromatic N) is 1. The molecule has 168 valence electrons. The number of aliphatic carboxylic acids is 2. The van der Waals surface area contributed by atoms with Gasteiger partial charge in [-0.2, -0.15) is 0 Å². The number of ether oxygens (including phenoxy) is 2. The molecule has 0 radical (unpaired) electrons. The molecule has 0 aliphatic heterocycles. The van der Waals surface area contributed by atoms with Crippen molar-refractivity contribution in [3.63, 3.8) is 0 Å². The molecule has 0 atom stereocenters. The zero-order valence-corrected chi connectivity index (χ0v) is 17.8. The Hall–Kier alpha value is -3.59. The maximum atomic E-state index is 12.0. The Bertz CT molecular complexity index is 844. The van der Waals surface area contributed by atoms with E-state index in [1.54, 1.807) is 14.2 Å². The molecule has 0 spiro atoms. The highest BCUT2D eigenvalue weighted by atomic mass is 16.5. The number of benzene rings is 2. The molecule has 0 heterocycles. The molecule has 0 aliphatic rings. The van der Waals surface area contributed by atoms with Crippen molar-refractivity contribution in [2.75, 3.05) is 39.7 Å². The van der Waals surface area contributed by atoms with E-state index in [-0.39, 0.29) is 5.91 Å². The van der Waals surface area contributed by atoms with Gasteiger partial charge in [0.2, 0.25) is 5.91 Å². The van der Waals surface area contributed by atoms with Crippen LogP contribution < -0.4 is 14.8 Å². The maximum Gasteiger partial charge on any atom is 0.414 e. The fourth-order valence-electron chi connectivity index (χ4n) is 2.51. The molecule has 0 unspecified atom stereocenters. The summed E-state index contributed by atoms with van der Waals surface area (Å²) in [6, 6.07) is 15.5. The smallest absolute Gasteiger partial charge is 0.414 e. The summed E-state index contributed by atoms with van der Waals surface area (Å²) in [5.74, 6) is -2.14. The van der Waals surface area contributed by atoms with E-state index in [2.05, 4.69) is 10.2 Å². The molecule has 2 aromatic carbocycles. The van der Waals surface area contributed by atoms with Crippen LogP contribution >= 0.6 is 0 Å². The first-order chi connectivity index (χ1) is 14.8. The number of carboxylic acids is 2. The number of para-hydroxylation sites is 1. The van der Waals surface area contributed by atoms with Crippen LogP contribution in [0.15, 0.2) is 48.5 Å². The van der Waals surface area contributed by atoms with Gasteiger partial charge in [-0.1, -0.05) is 24.3 Å². The van der Waals surface area contributed by atoms with Crippen molar-refractivity contribution < 1.29 is 34.1 Å². The lowest BCUT2D eigenvalue weighted by atomic mass is 10.1. The van der Waals surface area contributed by atoms with E-state index >= 15 is 0 Å². The lowest BCUT2D eigenvalue weighted by Crippen LogP contribution is -2.26. The molecule has 31 heavy (non-hydrogen) atoms. The second kappa shape index (κ2) is 13.6. The Balaban J connectivity index is 0.000000703. The molecule has 0 bridgehead atoms. The zero-order chi connectivity index (χ0) is 23.2. The third-order valence-corrected chi connectivity index (χ3v) is 4.19. The van der Waals surface area contributed by atoms with E-state index in [1.807, 2.05) is 55.6 Å². The van der Waals surface area contributed by atoms with Crippen LogP contribution in [-0.2, 0) is 20.8 Å². The molecule has 9 heteroatoms. The number of carbonyl (C=O) groups excluding carboxylic acids is 1. The van der Waals surface area contributed by atoms with E-state index in [4.69, 9.17) is 29.3 Å². The molecular weight excluding hydrogens is 404 g/mol. The Morgan fingerprint density at radius 3 is 2.06 bits per heavy atom. The summed E-state index contributed by atoms with van der Waals surface area (Å²) in [6.45, 7) is 1.58. The molecule has 0 aliphatic carbocycles. The van der Waals surface area contributed by atoms with Gasteiger partial charge in [0.15, 0.2) is 11.5 Å². The molecule has 0 saturated carbocycles. The molecule has 0 fully saturated rings. The molecule has 9 nitrogen and oxygen atoms in total. The Morgan fingerprint density at radius 1 is 0.903 bits per heavy atom. The van der Waals surface area contributed by atoms with Crippen LogP contribution in [0.1, 0.15) is 12.0 Å². The topological polar surface area (TPSA) is 125 Å². The van der Waals surface area contributed by atoms with Crippen molar-refractivity contribution in [3.05, 3.63) is 54.1 Å². The van der Waals surface area contributed by atoms with Gasteiger partial charge in [-0.25, -0.2) is 9.59 Å². The molecule has 2 rings (SSSR count). The number of likely N-dealkylation sites (N-methyl/N-ethyl adjacent to an activating group) is 1. The van der Waals surface area contributed by atoms with Crippen molar-refractivity contribution in [2.45, 2.75) is 12.8 Å². The van der Waals surface area contributed by atoms with E-state index in [0.717, 1.165) is 30.2 Å². The number of anilines is 1. The van der Waals surface area contributed by atoms with Gasteiger partial charge in [0.1, 0.15) is 0 Å². The Labute approximate surface area is 181 Å². The van der Waals surface area contributed by atoms with Crippen LogP contribution in [0.25, 0.3) is 0 Å². The van der Waals surface area contributed by atoms with E-state index < -0.39 is 11.9 Å². The normalized spacial score (nSPS) is 9.94. The summed E-state index contributed by atoms with van der Waals surface area (Å²) in [7, 11) is 5.29. The summed E-state index contributed by atoms with van der Waals surface area (Å²) >= 11 is 0. The molecule has 3 N–H and O–H groups in total. The maximum absolute atomic E-state index is 12.0. The Morgan fingerprint density at radius 2 is 1.52 bits per heavy atom. The average Bonchev–Trinajstić information content (AvgIpc) is 2.77. The van der Waals surface area contributed by atoms with Crippen LogP contribution in [0.4, 0.5) is 5.69 Å². The Kier molecular flexibility index (Phi) is 11.2. The van der Waals surface area contributed by atoms with Gasteiger partial charge < -0.3 is 29.9 Å². The fraction of sp³-hybridized carbons (Fsp3) is 0.318. The molecular formula is C22H28N2O7. The molecule has 1 amide bonds. The number of rotatable bonds is 9. The number of carbonyl (C=O) groups is 3. The van der Waals surface area contributed by atoms with Crippen molar-refractivity contribution in [3.8, 4) is 11.5 Å². The summed E-state index contributed by atoms with van der Waals surface area (Å²) in [5.41, 5.74) is 2.01. The summed E-state index contributed by atoms with van der Waals surface area (Å²) in [4.78, 5) is 32.3. The minimum absolute atomic E-state index is 0.0316. The van der Waals surface area contributed by atoms with E-state index in [9.17, 15) is 4.79 Å². The highest BCUT2D eigenvalue weighted by molar-refractivity contribution is 6.27. The lowest BCUT2D eigenvalue weighted by Gasteiger charge is -2.17. The van der Waals surface area contributed by atoms with Gasteiger partial charge in [-0.15, -0.1) is 0 Å². The monoisotopic (exact) mass is 432 g/mol. The van der Waals surface area contributed by atoms with Crippen LogP contribution in [0, 0.1) is 0 Å². The van der Waals surface area contributed by atoms with Gasteiger partial charge in [-0.3, -0.25) is 4.79 Å². The predicted octanol–water partition coefficient (Wildman–Crippen LogP) is 2.36. The standard InChI is InChI=1S/C20H26N2O3.C2H2O4/c1-22(14-12-20(23)21-17-7-5-4-6-8-17)13-11-16-9-10-18(24-2)19(15-16)25-3;3-1(4)2(5)6/h4-10,15H,11-14H2,1-3H3,(H,21,23);(H,3,4)(H,5,6). The average molecular weight is 432 g/mol. The summed E-state index contributed by atoms with van der Waals surface area (Å²) < 4.78 is 10.6. The van der Waals surface area contributed by atoms with Gasteiger partial charge >= 0.3 is 11.9 Å². The van der Waals surface area contributed by atoms with Crippen LogP contribution in [0.3, 0.4) is 0 Å². The van der Waals surface area contributed by atoms with Crippen LogP contribution in [-0.4, -0.2) is 67.3 Å². The second-order valence-electron chi connectivity index (χ2n) is 6.52. The van der Waals surface area contributed by atoms with Crippen molar-refractivity contribution >= 4 is 23.5 Å². The number of methoxy groups -OCH3 is 2. The minimum Gasteiger partial charge on any atom is -0.493 e. The number of amides is 1. The van der Waals surface area contributed by atoms with E-state index in [1.165, 1.54) is 5.56 Å². The molecule has 2 aromatic rings. The molecule has 0 saturated heterocycles. The molecule has 0 aromatic heterocycles. The lowest BCUT2D eigenvalue weighted by molar-refractivity contribution is -0.159. The van der Waals surface area contributed by atoms with Crippen molar-refractivity contribution in [2.24, 2.45) is 0 Å². The summed E-state index contributed by atoms with van der Waals surface area (Å²) in [5, 5.41) is 17.7.